The molecular weight excluding hydrogens is 208 g/mol. The van der Waals surface area contributed by atoms with Crippen LogP contribution in [0.5, 0.6) is 5.75 Å². The van der Waals surface area contributed by atoms with Gasteiger partial charge in [-0.3, -0.25) is 4.79 Å². The number of nitrogens with two attached hydrogens (primary N) is 1. The van der Waals surface area contributed by atoms with Crippen molar-refractivity contribution in [1.82, 2.24) is 15.3 Å². The fraction of sp³-hybridized carbons (Fsp3) is 0.300. The van der Waals surface area contributed by atoms with E-state index in [1.165, 1.54) is 18.6 Å². The first kappa shape index (κ1) is 12.0. The summed E-state index contributed by atoms with van der Waals surface area (Å²) in [6, 6.07) is -0.148. The van der Waals surface area contributed by atoms with Gasteiger partial charge < -0.3 is 15.8 Å². The fourth-order valence-corrected chi connectivity index (χ4v) is 0.996. The van der Waals surface area contributed by atoms with Crippen molar-refractivity contribution in [2.45, 2.75) is 13.0 Å². The van der Waals surface area contributed by atoms with Crippen LogP contribution in [-0.2, 0) is 4.79 Å². The van der Waals surface area contributed by atoms with Crippen LogP contribution in [0.4, 0.5) is 5.82 Å². The molecule has 0 aliphatic rings. The standard InChI is InChI=1S/C10H14N4O2/c1-3-9(15)14-7(2)5-16-8-4-12-6-13-10(8)11/h3-4,6-7H,1,5H2,2H3,(H,14,15)(H2,11,12,13). The number of carbonyl (C=O) groups is 1. The molecule has 0 fully saturated rings. The van der Waals surface area contributed by atoms with Crippen LogP contribution in [-0.4, -0.2) is 28.5 Å². The van der Waals surface area contributed by atoms with E-state index in [0.717, 1.165) is 0 Å². The third kappa shape index (κ3) is 3.56. The molecule has 0 saturated heterocycles. The maximum absolute atomic E-state index is 11.0. The molecule has 0 aliphatic carbocycles. The maximum Gasteiger partial charge on any atom is 0.243 e. The second kappa shape index (κ2) is 5.69. The SMILES string of the molecule is C=CC(=O)NC(C)COc1cncnc1N. The third-order valence-electron chi connectivity index (χ3n) is 1.77. The molecule has 0 spiro atoms. The summed E-state index contributed by atoms with van der Waals surface area (Å²) in [7, 11) is 0. The summed E-state index contributed by atoms with van der Waals surface area (Å²) in [5.74, 6) is 0.438. The first-order valence-electron chi connectivity index (χ1n) is 4.74. The average Bonchev–Trinajstić information content (AvgIpc) is 2.28. The largest absolute Gasteiger partial charge is 0.486 e. The van der Waals surface area contributed by atoms with Crippen LogP contribution in [0.2, 0.25) is 0 Å². The van der Waals surface area contributed by atoms with E-state index in [1.807, 2.05) is 0 Å². The Morgan fingerprint density at radius 1 is 1.81 bits per heavy atom. The molecule has 3 N–H and O–H groups in total. The molecule has 1 heterocycles. The Morgan fingerprint density at radius 3 is 3.19 bits per heavy atom. The van der Waals surface area contributed by atoms with Gasteiger partial charge in [-0.25, -0.2) is 9.97 Å². The van der Waals surface area contributed by atoms with E-state index in [2.05, 4.69) is 21.9 Å². The van der Waals surface area contributed by atoms with Crippen LogP contribution in [0, 0.1) is 0 Å². The molecule has 0 aliphatic heterocycles. The Labute approximate surface area is 93.5 Å². The second-order valence-electron chi connectivity index (χ2n) is 3.20. The summed E-state index contributed by atoms with van der Waals surface area (Å²) in [6.07, 6.45) is 4.02. The first-order chi connectivity index (χ1) is 7.63. The lowest BCUT2D eigenvalue weighted by molar-refractivity contribution is -0.117. The van der Waals surface area contributed by atoms with Crippen molar-refractivity contribution in [3.8, 4) is 5.75 Å². The van der Waals surface area contributed by atoms with Gasteiger partial charge in [-0.1, -0.05) is 6.58 Å². The summed E-state index contributed by atoms with van der Waals surface area (Å²) < 4.78 is 5.34. The summed E-state index contributed by atoms with van der Waals surface area (Å²) in [4.78, 5) is 18.5. The molecular formula is C10H14N4O2. The zero-order valence-electron chi connectivity index (χ0n) is 9.01. The van der Waals surface area contributed by atoms with Gasteiger partial charge in [-0.05, 0) is 13.0 Å². The minimum Gasteiger partial charge on any atom is -0.486 e. The maximum atomic E-state index is 11.0. The van der Waals surface area contributed by atoms with Crippen molar-refractivity contribution in [2.75, 3.05) is 12.3 Å². The number of hydrogen-bond donors (Lipinski definition) is 2. The van der Waals surface area contributed by atoms with E-state index < -0.39 is 0 Å². The molecule has 1 amide bonds. The second-order valence-corrected chi connectivity index (χ2v) is 3.20. The molecule has 1 aromatic heterocycles. The smallest absolute Gasteiger partial charge is 0.243 e. The highest BCUT2D eigenvalue weighted by molar-refractivity contribution is 5.87. The average molecular weight is 222 g/mol. The number of amides is 1. The first-order valence-corrected chi connectivity index (χ1v) is 4.74. The van der Waals surface area contributed by atoms with E-state index in [-0.39, 0.29) is 24.4 Å². The zero-order valence-corrected chi connectivity index (χ0v) is 9.01. The van der Waals surface area contributed by atoms with Crippen LogP contribution < -0.4 is 15.8 Å². The predicted molar refractivity (Wildman–Crippen MR) is 59.7 cm³/mol. The van der Waals surface area contributed by atoms with Crippen LogP contribution in [0.3, 0.4) is 0 Å². The Morgan fingerprint density at radius 2 is 2.56 bits per heavy atom. The van der Waals surface area contributed by atoms with Crippen molar-refractivity contribution >= 4 is 11.7 Å². The summed E-state index contributed by atoms with van der Waals surface area (Å²) in [5.41, 5.74) is 5.55. The van der Waals surface area contributed by atoms with Crippen molar-refractivity contribution < 1.29 is 9.53 Å². The highest BCUT2D eigenvalue weighted by Gasteiger charge is 2.07. The lowest BCUT2D eigenvalue weighted by atomic mass is 10.3. The van der Waals surface area contributed by atoms with Gasteiger partial charge in [-0.15, -0.1) is 0 Å². The van der Waals surface area contributed by atoms with E-state index in [1.54, 1.807) is 6.92 Å². The predicted octanol–water partition coefficient (Wildman–Crippen LogP) is 0.128. The molecule has 6 nitrogen and oxygen atoms in total. The summed E-state index contributed by atoms with van der Waals surface area (Å²) in [6.45, 7) is 5.45. The molecule has 1 unspecified atom stereocenters. The number of nitrogens with one attached hydrogen (secondary N) is 1. The number of nitrogens with zero attached hydrogens (tertiary/aromatic N) is 2. The normalized spacial score (nSPS) is 11.6. The number of hydrogen-bond acceptors (Lipinski definition) is 5. The van der Waals surface area contributed by atoms with Crippen LogP contribution in [0.25, 0.3) is 0 Å². The van der Waals surface area contributed by atoms with Gasteiger partial charge in [-0.2, -0.15) is 0 Å². The van der Waals surface area contributed by atoms with Gasteiger partial charge in [0, 0.05) is 0 Å². The minimum atomic E-state index is -0.242. The van der Waals surface area contributed by atoms with E-state index in [0.29, 0.717) is 5.75 Å². The number of carbonyl (C=O) groups excluding carboxylic acids is 1. The fourth-order valence-electron chi connectivity index (χ4n) is 0.996. The van der Waals surface area contributed by atoms with Gasteiger partial charge in [0.25, 0.3) is 0 Å². The Balaban J connectivity index is 2.43. The van der Waals surface area contributed by atoms with Crippen molar-refractivity contribution in [1.29, 1.82) is 0 Å². The van der Waals surface area contributed by atoms with Crippen molar-refractivity contribution in [3.63, 3.8) is 0 Å². The van der Waals surface area contributed by atoms with Gasteiger partial charge >= 0.3 is 0 Å². The number of rotatable bonds is 5. The highest BCUT2D eigenvalue weighted by atomic mass is 16.5. The Hall–Kier alpha value is -2.11. The van der Waals surface area contributed by atoms with E-state index in [9.17, 15) is 4.79 Å². The third-order valence-corrected chi connectivity index (χ3v) is 1.77. The van der Waals surface area contributed by atoms with Crippen LogP contribution in [0.1, 0.15) is 6.92 Å². The molecule has 0 radical (unpaired) electrons. The molecule has 86 valence electrons. The number of anilines is 1. The topological polar surface area (TPSA) is 90.1 Å². The quantitative estimate of drug-likeness (QED) is 0.691. The summed E-state index contributed by atoms with van der Waals surface area (Å²) >= 11 is 0. The zero-order chi connectivity index (χ0) is 12.0. The molecule has 6 heteroatoms. The number of nitrogen functional groups attached to an aromatic ring is 1. The molecule has 1 atom stereocenters. The molecule has 1 aromatic rings. The molecule has 1 rings (SSSR count). The van der Waals surface area contributed by atoms with Crippen LogP contribution in [0.15, 0.2) is 25.2 Å². The van der Waals surface area contributed by atoms with Gasteiger partial charge in [0.1, 0.15) is 12.9 Å². The molecule has 0 bridgehead atoms. The number of aromatic nitrogens is 2. The monoisotopic (exact) mass is 222 g/mol. The van der Waals surface area contributed by atoms with E-state index >= 15 is 0 Å². The van der Waals surface area contributed by atoms with Crippen molar-refractivity contribution in [2.24, 2.45) is 0 Å². The Kier molecular flexibility index (Phi) is 4.26. The Bertz CT molecular complexity index is 381. The van der Waals surface area contributed by atoms with Gasteiger partial charge in [0.05, 0.1) is 12.2 Å². The van der Waals surface area contributed by atoms with Crippen LogP contribution >= 0.6 is 0 Å². The molecule has 0 aromatic carbocycles. The molecule has 16 heavy (non-hydrogen) atoms. The number of ether oxygens (including phenoxy) is 1. The van der Waals surface area contributed by atoms with Crippen molar-refractivity contribution in [3.05, 3.63) is 25.2 Å². The summed E-state index contributed by atoms with van der Waals surface area (Å²) in [5, 5.41) is 2.66. The van der Waals surface area contributed by atoms with Gasteiger partial charge in [0.2, 0.25) is 5.91 Å². The highest BCUT2D eigenvalue weighted by Crippen LogP contribution is 2.15. The lowest BCUT2D eigenvalue weighted by Crippen LogP contribution is -2.35. The van der Waals surface area contributed by atoms with E-state index in [4.69, 9.17) is 10.5 Å². The lowest BCUT2D eigenvalue weighted by Gasteiger charge is -2.14. The molecule has 0 saturated carbocycles. The van der Waals surface area contributed by atoms with Gasteiger partial charge in [0.15, 0.2) is 11.6 Å². The minimum absolute atomic E-state index is 0.148.